The molecule has 1 amide bonds. The molecule has 5 nitrogen and oxygen atoms in total. The maximum Gasteiger partial charge on any atom is 0.257 e. The second-order valence-electron chi connectivity index (χ2n) is 7.57. The summed E-state index contributed by atoms with van der Waals surface area (Å²) in [7, 11) is 0. The third-order valence-electron chi connectivity index (χ3n) is 4.66. The minimum absolute atomic E-state index is 0.291. The van der Waals surface area contributed by atoms with Gasteiger partial charge in [-0.05, 0) is 70.7 Å². The number of nitrogens with one attached hydrogen (secondary N) is 1. The fourth-order valence-corrected chi connectivity index (χ4v) is 3.59. The monoisotopic (exact) mass is 501 g/mol. The van der Waals surface area contributed by atoms with Gasteiger partial charge in [0.15, 0.2) is 5.11 Å². The fraction of sp³-hybridized carbons (Fsp3) is 0.375. The Balaban J connectivity index is 1.97. The van der Waals surface area contributed by atoms with Gasteiger partial charge in [-0.2, -0.15) is 5.26 Å². The molecule has 0 spiro atoms. The van der Waals surface area contributed by atoms with Crippen LogP contribution in [0.25, 0.3) is 0 Å². The standard InChI is InChI=1S/C24H28BrN3O2S/c1-18(2)12-16-30-22-10-9-20(17-21(22)25)23(29)27-24(31)28(14-6-13-26)15-11-19-7-4-3-5-8-19/h3-5,7-10,17-18H,6,11-12,14-16H2,1-2H3,(H,27,29,31). The third kappa shape index (κ3) is 8.68. The SMILES string of the molecule is CC(C)CCOc1ccc(C(=O)NC(=S)N(CCC#N)CCc2ccccc2)cc1Br. The molecule has 1 N–H and O–H groups in total. The van der Waals surface area contributed by atoms with Crippen LogP contribution in [-0.2, 0) is 6.42 Å². The van der Waals surface area contributed by atoms with Crippen molar-refractivity contribution in [1.29, 1.82) is 5.26 Å². The summed E-state index contributed by atoms with van der Waals surface area (Å²) in [6, 6.07) is 17.4. The summed E-state index contributed by atoms with van der Waals surface area (Å²) in [5.74, 6) is 0.982. The van der Waals surface area contributed by atoms with Crippen LogP contribution in [-0.4, -0.2) is 35.6 Å². The van der Waals surface area contributed by atoms with Crippen molar-refractivity contribution in [2.24, 2.45) is 5.92 Å². The van der Waals surface area contributed by atoms with E-state index in [0.29, 0.717) is 48.5 Å². The lowest BCUT2D eigenvalue weighted by atomic mass is 10.1. The predicted octanol–water partition coefficient (Wildman–Crippen LogP) is 5.35. The normalized spacial score (nSPS) is 10.4. The highest BCUT2D eigenvalue weighted by atomic mass is 79.9. The molecule has 2 aromatic rings. The lowest BCUT2D eigenvalue weighted by Crippen LogP contribution is -2.44. The molecule has 0 radical (unpaired) electrons. The highest BCUT2D eigenvalue weighted by Gasteiger charge is 2.15. The second-order valence-corrected chi connectivity index (χ2v) is 8.81. The average Bonchev–Trinajstić information content (AvgIpc) is 2.75. The molecule has 7 heteroatoms. The van der Waals surface area contributed by atoms with E-state index in [0.717, 1.165) is 17.3 Å². The number of nitrogens with zero attached hydrogens (tertiary/aromatic N) is 2. The Morgan fingerprint density at radius 1 is 1.23 bits per heavy atom. The number of amides is 1. The van der Waals surface area contributed by atoms with E-state index in [1.54, 1.807) is 18.2 Å². The van der Waals surface area contributed by atoms with E-state index >= 15 is 0 Å². The number of nitriles is 1. The Hall–Kier alpha value is -2.43. The van der Waals surface area contributed by atoms with Gasteiger partial charge in [0.25, 0.3) is 5.91 Å². The van der Waals surface area contributed by atoms with Crippen molar-refractivity contribution in [3.8, 4) is 11.8 Å². The summed E-state index contributed by atoms with van der Waals surface area (Å²) < 4.78 is 6.50. The molecule has 2 aromatic carbocycles. The van der Waals surface area contributed by atoms with Gasteiger partial charge in [0.05, 0.1) is 23.6 Å². The third-order valence-corrected chi connectivity index (χ3v) is 5.64. The Labute approximate surface area is 198 Å². The second kappa shape index (κ2) is 13.1. The lowest BCUT2D eigenvalue weighted by Gasteiger charge is -2.24. The van der Waals surface area contributed by atoms with Gasteiger partial charge >= 0.3 is 0 Å². The van der Waals surface area contributed by atoms with Gasteiger partial charge in [-0.3, -0.25) is 10.1 Å². The lowest BCUT2D eigenvalue weighted by molar-refractivity contribution is 0.0973. The Kier molecular flexibility index (Phi) is 10.5. The first-order chi connectivity index (χ1) is 14.9. The molecular weight excluding hydrogens is 474 g/mol. The summed E-state index contributed by atoms with van der Waals surface area (Å²) in [5.41, 5.74) is 1.66. The van der Waals surface area contributed by atoms with Crippen LogP contribution in [0.15, 0.2) is 53.0 Å². The molecule has 0 atom stereocenters. The molecule has 0 aliphatic heterocycles. The predicted molar refractivity (Wildman–Crippen MR) is 131 cm³/mol. The number of thiocarbonyl (C=S) groups is 1. The maximum atomic E-state index is 12.7. The molecule has 0 unspecified atom stereocenters. The van der Waals surface area contributed by atoms with Gasteiger partial charge in [0.1, 0.15) is 5.75 Å². The largest absolute Gasteiger partial charge is 0.492 e. The molecule has 0 aliphatic carbocycles. The molecular formula is C24H28BrN3O2S. The first kappa shape index (κ1) is 24.8. The minimum Gasteiger partial charge on any atom is -0.492 e. The van der Waals surface area contributed by atoms with Crippen molar-refractivity contribution >= 4 is 39.2 Å². The number of hydrogen-bond donors (Lipinski definition) is 1. The van der Waals surface area contributed by atoms with Gasteiger partial charge in [-0.25, -0.2) is 0 Å². The van der Waals surface area contributed by atoms with Crippen molar-refractivity contribution in [2.45, 2.75) is 33.1 Å². The minimum atomic E-state index is -0.291. The van der Waals surface area contributed by atoms with E-state index in [-0.39, 0.29) is 5.91 Å². The highest BCUT2D eigenvalue weighted by Crippen LogP contribution is 2.26. The number of ether oxygens (including phenoxy) is 1. The molecule has 164 valence electrons. The number of halogens is 1. The quantitative estimate of drug-likeness (QED) is 0.444. The number of rotatable bonds is 10. The van der Waals surface area contributed by atoms with Gasteiger partial charge in [0, 0.05) is 18.7 Å². The van der Waals surface area contributed by atoms with Crippen LogP contribution < -0.4 is 10.1 Å². The van der Waals surface area contributed by atoms with Crippen molar-refractivity contribution in [1.82, 2.24) is 10.2 Å². The summed E-state index contributed by atoms with van der Waals surface area (Å²) >= 11 is 8.95. The Bertz CT molecular complexity index is 913. The number of benzene rings is 2. The van der Waals surface area contributed by atoms with E-state index in [1.165, 1.54) is 5.56 Å². The van der Waals surface area contributed by atoms with Crippen molar-refractivity contribution in [3.05, 3.63) is 64.1 Å². The molecule has 0 fully saturated rings. The number of carbonyl (C=O) groups is 1. The highest BCUT2D eigenvalue weighted by molar-refractivity contribution is 9.10. The zero-order chi connectivity index (χ0) is 22.6. The van der Waals surface area contributed by atoms with Gasteiger partial charge < -0.3 is 9.64 Å². The topological polar surface area (TPSA) is 65.4 Å². The summed E-state index contributed by atoms with van der Waals surface area (Å²) in [5, 5.41) is 12.1. The summed E-state index contributed by atoms with van der Waals surface area (Å²) in [6.07, 6.45) is 2.07. The summed E-state index contributed by atoms with van der Waals surface area (Å²) in [6.45, 7) is 6.01. The number of carbonyl (C=O) groups excluding carboxylic acids is 1. The first-order valence-electron chi connectivity index (χ1n) is 10.3. The van der Waals surface area contributed by atoms with Crippen LogP contribution in [0.2, 0.25) is 0 Å². The molecule has 0 saturated heterocycles. The van der Waals surface area contributed by atoms with Crippen molar-refractivity contribution < 1.29 is 9.53 Å². The van der Waals surface area contributed by atoms with Crippen LogP contribution in [0.3, 0.4) is 0 Å². The van der Waals surface area contributed by atoms with Gasteiger partial charge in [-0.1, -0.05) is 44.2 Å². The van der Waals surface area contributed by atoms with Crippen molar-refractivity contribution in [2.75, 3.05) is 19.7 Å². The van der Waals surface area contributed by atoms with Crippen molar-refractivity contribution in [3.63, 3.8) is 0 Å². The van der Waals surface area contributed by atoms with E-state index in [4.69, 9.17) is 22.2 Å². The number of hydrogen-bond acceptors (Lipinski definition) is 4. The zero-order valence-electron chi connectivity index (χ0n) is 17.9. The van der Waals surface area contributed by atoms with E-state index < -0.39 is 0 Å². The molecule has 2 rings (SSSR count). The van der Waals surface area contributed by atoms with Crippen LogP contribution in [0, 0.1) is 17.2 Å². The molecule has 0 aliphatic rings. The maximum absolute atomic E-state index is 12.7. The van der Waals surface area contributed by atoms with Crippen LogP contribution in [0.5, 0.6) is 5.75 Å². The average molecular weight is 502 g/mol. The Morgan fingerprint density at radius 2 is 1.97 bits per heavy atom. The molecule has 0 saturated carbocycles. The molecule has 0 bridgehead atoms. The Morgan fingerprint density at radius 3 is 2.61 bits per heavy atom. The molecule has 0 aromatic heterocycles. The van der Waals surface area contributed by atoms with E-state index in [2.05, 4.69) is 41.2 Å². The van der Waals surface area contributed by atoms with Crippen LogP contribution in [0.1, 0.15) is 42.6 Å². The molecule has 0 heterocycles. The fourth-order valence-electron chi connectivity index (χ4n) is 2.82. The van der Waals surface area contributed by atoms with Gasteiger partial charge in [-0.15, -0.1) is 0 Å². The zero-order valence-corrected chi connectivity index (χ0v) is 20.3. The van der Waals surface area contributed by atoms with Crippen LogP contribution in [0.4, 0.5) is 0 Å². The van der Waals surface area contributed by atoms with Gasteiger partial charge in [0.2, 0.25) is 0 Å². The molecule has 31 heavy (non-hydrogen) atoms. The van der Waals surface area contributed by atoms with Crippen LogP contribution >= 0.6 is 28.1 Å². The summed E-state index contributed by atoms with van der Waals surface area (Å²) in [4.78, 5) is 14.6. The smallest absolute Gasteiger partial charge is 0.257 e. The van der Waals surface area contributed by atoms with E-state index in [1.807, 2.05) is 35.2 Å². The van der Waals surface area contributed by atoms with E-state index in [9.17, 15) is 4.79 Å². The first-order valence-corrected chi connectivity index (χ1v) is 11.5.